The van der Waals surface area contributed by atoms with Gasteiger partial charge in [0.05, 0.1) is 5.60 Å². The van der Waals surface area contributed by atoms with Crippen molar-refractivity contribution in [3.05, 3.63) is 23.8 Å². The number of hydrogen-bond donors (Lipinski definition) is 0. The van der Waals surface area contributed by atoms with Gasteiger partial charge in [0.25, 0.3) is 0 Å². The quantitative estimate of drug-likeness (QED) is 0.348. The zero-order valence-electron chi connectivity index (χ0n) is 18.2. The highest BCUT2D eigenvalue weighted by molar-refractivity contribution is 6.69. The molecule has 0 saturated heterocycles. The Balaban J connectivity index is 2.06. The standard InChI is InChI=1S/C23H40O2Si/c1-8-23(9-2,25-26(5,6)7)17-10-12-18(3)19-14-15-20-21(24)13-11-16-22(19,20)4/h10,14,17-18,20H,8-9,11-13,15-16H2,1-7H3/b17-10+/t18-,20?,22+/m0/s1. The van der Waals surface area contributed by atoms with Crippen LogP contribution in [0.2, 0.25) is 19.6 Å². The first-order chi connectivity index (χ1) is 12.1. The molecule has 0 spiro atoms. The van der Waals surface area contributed by atoms with Gasteiger partial charge in [-0.15, -0.1) is 0 Å². The van der Waals surface area contributed by atoms with Crippen molar-refractivity contribution in [2.75, 3.05) is 0 Å². The lowest BCUT2D eigenvalue weighted by molar-refractivity contribution is -0.128. The summed E-state index contributed by atoms with van der Waals surface area (Å²) in [6.45, 7) is 16.0. The van der Waals surface area contributed by atoms with Crippen LogP contribution in [0.5, 0.6) is 0 Å². The summed E-state index contributed by atoms with van der Waals surface area (Å²) in [5.74, 6) is 1.25. The zero-order valence-corrected chi connectivity index (χ0v) is 19.2. The lowest BCUT2D eigenvalue weighted by Crippen LogP contribution is -2.40. The summed E-state index contributed by atoms with van der Waals surface area (Å²) < 4.78 is 6.54. The number of allylic oxidation sites excluding steroid dienone is 3. The van der Waals surface area contributed by atoms with Crippen LogP contribution in [-0.4, -0.2) is 19.7 Å². The van der Waals surface area contributed by atoms with Crippen LogP contribution in [0.15, 0.2) is 23.8 Å². The molecule has 3 heteroatoms. The summed E-state index contributed by atoms with van der Waals surface area (Å²) in [5.41, 5.74) is 1.54. The van der Waals surface area contributed by atoms with Crippen molar-refractivity contribution in [2.24, 2.45) is 17.3 Å². The summed E-state index contributed by atoms with van der Waals surface area (Å²) in [7, 11) is -1.58. The fraction of sp³-hybridized carbons (Fsp3) is 0.783. The first-order valence-electron chi connectivity index (χ1n) is 10.7. The Kier molecular flexibility index (Phi) is 6.77. The summed E-state index contributed by atoms with van der Waals surface area (Å²) in [5, 5.41) is 0. The molecule has 2 aliphatic carbocycles. The third-order valence-corrected chi connectivity index (χ3v) is 7.68. The Hall–Kier alpha value is -0.673. The number of ketones is 1. The van der Waals surface area contributed by atoms with Crippen molar-refractivity contribution >= 4 is 14.1 Å². The molecule has 0 bridgehead atoms. The fourth-order valence-electron chi connectivity index (χ4n) is 5.20. The maximum absolute atomic E-state index is 12.3. The van der Waals surface area contributed by atoms with Gasteiger partial charge in [-0.1, -0.05) is 51.5 Å². The number of carbonyl (C=O) groups is 1. The Labute approximate surface area is 162 Å². The van der Waals surface area contributed by atoms with E-state index in [0.717, 1.165) is 38.5 Å². The summed E-state index contributed by atoms with van der Waals surface area (Å²) in [4.78, 5) is 12.3. The predicted molar refractivity (Wildman–Crippen MR) is 114 cm³/mol. The number of carbonyl (C=O) groups excluding carboxylic acids is 1. The molecule has 1 unspecified atom stereocenters. The van der Waals surface area contributed by atoms with E-state index in [0.29, 0.717) is 11.7 Å². The molecule has 0 amide bonds. The van der Waals surface area contributed by atoms with Crippen molar-refractivity contribution in [2.45, 2.75) is 97.9 Å². The maximum Gasteiger partial charge on any atom is 0.184 e. The molecule has 2 nitrogen and oxygen atoms in total. The predicted octanol–water partition coefficient (Wildman–Crippen LogP) is 6.68. The van der Waals surface area contributed by atoms with E-state index in [-0.39, 0.29) is 16.9 Å². The molecule has 1 saturated carbocycles. The van der Waals surface area contributed by atoms with Gasteiger partial charge in [-0.2, -0.15) is 0 Å². The second kappa shape index (κ2) is 8.14. The largest absolute Gasteiger partial charge is 0.409 e. The molecule has 3 atom stereocenters. The summed E-state index contributed by atoms with van der Waals surface area (Å²) >= 11 is 0. The minimum atomic E-state index is -1.58. The van der Waals surface area contributed by atoms with Crippen LogP contribution in [0, 0.1) is 17.3 Å². The summed E-state index contributed by atoms with van der Waals surface area (Å²) in [6.07, 6.45) is 14.1. The molecular formula is C23H40O2Si. The Bertz CT molecular complexity index is 565. The fourth-order valence-corrected chi connectivity index (χ4v) is 6.78. The Morgan fingerprint density at radius 1 is 1.35 bits per heavy atom. The highest BCUT2D eigenvalue weighted by Crippen LogP contribution is 2.53. The Morgan fingerprint density at radius 3 is 2.58 bits per heavy atom. The van der Waals surface area contributed by atoms with Crippen molar-refractivity contribution in [1.29, 1.82) is 0 Å². The van der Waals surface area contributed by atoms with E-state index in [1.807, 2.05) is 0 Å². The van der Waals surface area contributed by atoms with Crippen LogP contribution < -0.4 is 0 Å². The minimum absolute atomic E-state index is 0.110. The average Bonchev–Trinajstić information content (AvgIpc) is 2.91. The zero-order chi connectivity index (χ0) is 19.6. The topological polar surface area (TPSA) is 26.3 Å². The van der Waals surface area contributed by atoms with E-state index in [1.165, 1.54) is 12.0 Å². The molecule has 0 N–H and O–H groups in total. The van der Waals surface area contributed by atoms with Gasteiger partial charge in [0.1, 0.15) is 5.78 Å². The second-order valence-corrected chi connectivity index (χ2v) is 14.1. The van der Waals surface area contributed by atoms with Crippen LogP contribution in [-0.2, 0) is 9.22 Å². The highest BCUT2D eigenvalue weighted by Gasteiger charge is 2.47. The lowest BCUT2D eigenvalue weighted by atomic mass is 9.63. The second-order valence-electron chi connectivity index (χ2n) is 9.71. The molecule has 0 aromatic heterocycles. The summed E-state index contributed by atoms with van der Waals surface area (Å²) in [6, 6.07) is 0. The number of Topliss-reactive ketones (excluding diaryl/α,β-unsaturated/α-hetero) is 1. The van der Waals surface area contributed by atoms with Gasteiger partial charge >= 0.3 is 0 Å². The molecule has 0 heterocycles. The van der Waals surface area contributed by atoms with Crippen LogP contribution in [0.25, 0.3) is 0 Å². The van der Waals surface area contributed by atoms with Gasteiger partial charge < -0.3 is 4.43 Å². The van der Waals surface area contributed by atoms with E-state index < -0.39 is 8.32 Å². The number of fused-ring (bicyclic) bond motifs is 1. The molecule has 0 aromatic rings. The van der Waals surface area contributed by atoms with E-state index in [1.54, 1.807) is 0 Å². The van der Waals surface area contributed by atoms with Gasteiger partial charge in [-0.3, -0.25) is 4.79 Å². The first kappa shape index (κ1) is 21.6. The molecule has 2 aliphatic rings. The smallest absolute Gasteiger partial charge is 0.184 e. The van der Waals surface area contributed by atoms with Gasteiger partial charge in [-0.05, 0) is 69.5 Å². The monoisotopic (exact) mass is 376 g/mol. The van der Waals surface area contributed by atoms with E-state index in [2.05, 4.69) is 65.6 Å². The van der Waals surface area contributed by atoms with Crippen molar-refractivity contribution < 1.29 is 9.22 Å². The van der Waals surface area contributed by atoms with Crippen molar-refractivity contribution in [3.8, 4) is 0 Å². The molecule has 0 aliphatic heterocycles. The molecule has 26 heavy (non-hydrogen) atoms. The number of hydrogen-bond acceptors (Lipinski definition) is 2. The third-order valence-electron chi connectivity index (χ3n) is 6.66. The van der Waals surface area contributed by atoms with E-state index in [9.17, 15) is 4.79 Å². The lowest BCUT2D eigenvalue weighted by Gasteiger charge is -2.40. The molecule has 0 aromatic carbocycles. The normalized spacial score (nSPS) is 28.3. The van der Waals surface area contributed by atoms with E-state index >= 15 is 0 Å². The molecule has 2 rings (SSSR count). The van der Waals surface area contributed by atoms with Crippen LogP contribution in [0.1, 0.15) is 72.6 Å². The van der Waals surface area contributed by atoms with Gasteiger partial charge in [0.2, 0.25) is 0 Å². The van der Waals surface area contributed by atoms with Gasteiger partial charge in [0, 0.05) is 12.3 Å². The Morgan fingerprint density at radius 2 is 2.00 bits per heavy atom. The average molecular weight is 377 g/mol. The van der Waals surface area contributed by atoms with Gasteiger partial charge in [-0.25, -0.2) is 0 Å². The molecule has 1 fully saturated rings. The number of rotatable bonds is 8. The van der Waals surface area contributed by atoms with Crippen molar-refractivity contribution in [1.82, 2.24) is 0 Å². The molecule has 148 valence electrons. The highest BCUT2D eigenvalue weighted by atomic mass is 28.4. The first-order valence-corrected chi connectivity index (χ1v) is 14.1. The van der Waals surface area contributed by atoms with Crippen molar-refractivity contribution in [3.63, 3.8) is 0 Å². The molecule has 0 radical (unpaired) electrons. The van der Waals surface area contributed by atoms with Gasteiger partial charge in [0.15, 0.2) is 8.32 Å². The maximum atomic E-state index is 12.3. The van der Waals surface area contributed by atoms with Crippen LogP contribution in [0.4, 0.5) is 0 Å². The van der Waals surface area contributed by atoms with E-state index in [4.69, 9.17) is 4.43 Å². The van der Waals surface area contributed by atoms with Crippen LogP contribution >= 0.6 is 0 Å². The minimum Gasteiger partial charge on any atom is -0.409 e. The molecular weight excluding hydrogens is 336 g/mol. The van der Waals surface area contributed by atoms with Crippen LogP contribution in [0.3, 0.4) is 0 Å². The SMILES string of the molecule is CCC(/C=C/C[C@H](C)C1=CCC2C(=O)CCC[C@]12C)(CC)O[Si](C)(C)C. The third kappa shape index (κ3) is 4.59.